The molecule has 0 saturated carbocycles. The summed E-state index contributed by atoms with van der Waals surface area (Å²) in [5.41, 5.74) is 0.553. The molecule has 1 heterocycles. The summed E-state index contributed by atoms with van der Waals surface area (Å²) in [5.74, 6) is -0.584. The van der Waals surface area contributed by atoms with Crippen molar-refractivity contribution in [1.82, 2.24) is 10.2 Å². The number of carbonyl (C=O) groups excluding carboxylic acids is 2. The van der Waals surface area contributed by atoms with Gasteiger partial charge in [-0.15, -0.1) is 0 Å². The van der Waals surface area contributed by atoms with Crippen molar-refractivity contribution in [2.75, 3.05) is 31.6 Å². The Morgan fingerprint density at radius 1 is 1.33 bits per heavy atom. The highest BCUT2D eigenvalue weighted by Gasteiger charge is 2.24. The highest BCUT2D eigenvalue weighted by molar-refractivity contribution is 6.39. The standard InChI is InChI=1S/C18H25N3O3/c1-3-12-24-16-9-7-14(8-10-16)20-18(23)17(22)19-13-15-6-5-11-21(15)4-2/h3,7-10,15H,1,4-6,11-13H2,2H3,(H,19,22)(H,20,23)/t15-/m1/s1. The van der Waals surface area contributed by atoms with Crippen LogP contribution >= 0.6 is 0 Å². The molecule has 2 rings (SSSR count). The van der Waals surface area contributed by atoms with Gasteiger partial charge >= 0.3 is 11.8 Å². The number of rotatable bonds is 7. The topological polar surface area (TPSA) is 70.7 Å². The number of ether oxygens (including phenoxy) is 1. The molecule has 1 aromatic carbocycles. The van der Waals surface area contributed by atoms with E-state index in [1.165, 1.54) is 0 Å². The monoisotopic (exact) mass is 331 g/mol. The van der Waals surface area contributed by atoms with E-state index in [0.29, 0.717) is 30.6 Å². The van der Waals surface area contributed by atoms with E-state index in [1.54, 1.807) is 30.3 Å². The van der Waals surface area contributed by atoms with Crippen LogP contribution in [-0.4, -0.2) is 49.0 Å². The summed E-state index contributed by atoms with van der Waals surface area (Å²) in [4.78, 5) is 26.2. The Balaban J connectivity index is 1.78. The average Bonchev–Trinajstić information content (AvgIpc) is 3.06. The van der Waals surface area contributed by atoms with E-state index in [4.69, 9.17) is 4.74 Å². The van der Waals surface area contributed by atoms with E-state index >= 15 is 0 Å². The molecule has 0 aromatic heterocycles. The SMILES string of the molecule is C=CCOc1ccc(NC(=O)C(=O)NC[C@H]2CCCN2CC)cc1. The summed E-state index contributed by atoms with van der Waals surface area (Å²) in [7, 11) is 0. The Morgan fingerprint density at radius 3 is 2.75 bits per heavy atom. The average molecular weight is 331 g/mol. The quantitative estimate of drug-likeness (QED) is 0.590. The molecule has 1 atom stereocenters. The summed E-state index contributed by atoms with van der Waals surface area (Å²) in [6.45, 7) is 8.64. The van der Waals surface area contributed by atoms with E-state index in [0.717, 1.165) is 25.9 Å². The van der Waals surface area contributed by atoms with Gasteiger partial charge in [-0.3, -0.25) is 14.5 Å². The van der Waals surface area contributed by atoms with E-state index in [1.807, 2.05) is 0 Å². The number of likely N-dealkylation sites (N-methyl/N-ethyl adjacent to an activating group) is 1. The van der Waals surface area contributed by atoms with Gasteiger partial charge in [-0.2, -0.15) is 0 Å². The molecule has 2 amide bonds. The lowest BCUT2D eigenvalue weighted by atomic mass is 10.2. The van der Waals surface area contributed by atoms with Gasteiger partial charge in [0, 0.05) is 18.3 Å². The molecule has 2 N–H and O–H groups in total. The minimum atomic E-state index is -0.657. The first-order chi connectivity index (χ1) is 11.6. The second kappa shape index (κ2) is 9.08. The molecule has 1 saturated heterocycles. The highest BCUT2D eigenvalue weighted by Crippen LogP contribution is 2.16. The van der Waals surface area contributed by atoms with Crippen LogP contribution in [0.1, 0.15) is 19.8 Å². The zero-order valence-electron chi connectivity index (χ0n) is 14.1. The Bertz CT molecular complexity index is 571. The van der Waals surface area contributed by atoms with E-state index in [2.05, 4.69) is 29.0 Å². The molecule has 0 radical (unpaired) electrons. The molecule has 0 bridgehead atoms. The minimum Gasteiger partial charge on any atom is -0.490 e. The zero-order chi connectivity index (χ0) is 17.4. The predicted molar refractivity (Wildman–Crippen MR) is 94.0 cm³/mol. The lowest BCUT2D eigenvalue weighted by Crippen LogP contribution is -2.43. The first-order valence-electron chi connectivity index (χ1n) is 8.31. The molecule has 130 valence electrons. The van der Waals surface area contributed by atoms with Gasteiger partial charge in [0.2, 0.25) is 0 Å². The van der Waals surface area contributed by atoms with Gasteiger partial charge in [0.05, 0.1) is 0 Å². The summed E-state index contributed by atoms with van der Waals surface area (Å²) in [6, 6.07) is 7.18. The van der Waals surface area contributed by atoms with Crippen molar-refractivity contribution >= 4 is 17.5 Å². The maximum Gasteiger partial charge on any atom is 0.313 e. The van der Waals surface area contributed by atoms with Crippen LogP contribution in [0.5, 0.6) is 5.75 Å². The summed E-state index contributed by atoms with van der Waals surface area (Å²) in [6.07, 6.45) is 3.85. The lowest BCUT2D eigenvalue weighted by Gasteiger charge is -2.22. The summed E-state index contributed by atoms with van der Waals surface area (Å²) < 4.78 is 5.36. The molecule has 1 fully saturated rings. The van der Waals surface area contributed by atoms with Crippen LogP contribution in [-0.2, 0) is 9.59 Å². The van der Waals surface area contributed by atoms with Gasteiger partial charge in [-0.25, -0.2) is 0 Å². The number of hydrogen-bond acceptors (Lipinski definition) is 4. The number of nitrogens with zero attached hydrogens (tertiary/aromatic N) is 1. The Morgan fingerprint density at radius 2 is 2.08 bits per heavy atom. The van der Waals surface area contributed by atoms with Crippen LogP contribution in [0.2, 0.25) is 0 Å². The molecule has 1 aliphatic rings. The number of hydrogen-bond donors (Lipinski definition) is 2. The van der Waals surface area contributed by atoms with E-state index in [9.17, 15) is 9.59 Å². The van der Waals surface area contributed by atoms with E-state index in [-0.39, 0.29) is 0 Å². The van der Waals surface area contributed by atoms with Crippen molar-refractivity contribution in [1.29, 1.82) is 0 Å². The van der Waals surface area contributed by atoms with Crippen LogP contribution < -0.4 is 15.4 Å². The first-order valence-corrected chi connectivity index (χ1v) is 8.31. The molecule has 6 nitrogen and oxygen atoms in total. The number of nitrogens with one attached hydrogen (secondary N) is 2. The Labute approximate surface area is 142 Å². The largest absolute Gasteiger partial charge is 0.490 e. The normalized spacial score (nSPS) is 17.3. The zero-order valence-corrected chi connectivity index (χ0v) is 14.1. The van der Waals surface area contributed by atoms with Gasteiger partial charge < -0.3 is 15.4 Å². The van der Waals surface area contributed by atoms with Crippen molar-refractivity contribution in [2.24, 2.45) is 0 Å². The Kier molecular flexibility index (Phi) is 6.81. The molecular weight excluding hydrogens is 306 g/mol. The van der Waals surface area contributed by atoms with Crippen molar-refractivity contribution in [3.8, 4) is 5.75 Å². The van der Waals surface area contributed by atoms with Gasteiger partial charge in [0.1, 0.15) is 12.4 Å². The Hall–Kier alpha value is -2.34. The van der Waals surface area contributed by atoms with Gasteiger partial charge in [0.25, 0.3) is 0 Å². The second-order valence-electron chi connectivity index (χ2n) is 5.71. The van der Waals surface area contributed by atoms with Crippen LogP contribution in [0.25, 0.3) is 0 Å². The lowest BCUT2D eigenvalue weighted by molar-refractivity contribution is -0.136. The fraction of sp³-hybridized carbons (Fsp3) is 0.444. The smallest absolute Gasteiger partial charge is 0.313 e. The van der Waals surface area contributed by atoms with Gasteiger partial charge in [0.15, 0.2) is 0 Å². The molecule has 6 heteroatoms. The van der Waals surface area contributed by atoms with Crippen LogP contribution in [0.15, 0.2) is 36.9 Å². The van der Waals surface area contributed by atoms with Crippen molar-refractivity contribution in [2.45, 2.75) is 25.8 Å². The maximum atomic E-state index is 11.9. The van der Waals surface area contributed by atoms with E-state index < -0.39 is 11.8 Å². The third kappa shape index (κ3) is 5.09. The maximum absolute atomic E-state index is 11.9. The van der Waals surface area contributed by atoms with Crippen LogP contribution in [0, 0.1) is 0 Å². The third-order valence-electron chi connectivity index (χ3n) is 4.09. The van der Waals surface area contributed by atoms with Crippen molar-refractivity contribution in [3.63, 3.8) is 0 Å². The van der Waals surface area contributed by atoms with Crippen LogP contribution in [0.3, 0.4) is 0 Å². The number of benzene rings is 1. The van der Waals surface area contributed by atoms with Gasteiger partial charge in [-0.05, 0) is 50.2 Å². The molecule has 1 aromatic rings. The third-order valence-corrected chi connectivity index (χ3v) is 4.09. The second-order valence-corrected chi connectivity index (χ2v) is 5.71. The summed E-state index contributed by atoms with van der Waals surface area (Å²) >= 11 is 0. The van der Waals surface area contributed by atoms with Crippen molar-refractivity contribution in [3.05, 3.63) is 36.9 Å². The number of likely N-dealkylation sites (tertiary alicyclic amines) is 1. The molecule has 1 aliphatic heterocycles. The first kappa shape index (κ1) is 18.0. The van der Waals surface area contributed by atoms with Gasteiger partial charge in [-0.1, -0.05) is 19.6 Å². The predicted octanol–water partition coefficient (Wildman–Crippen LogP) is 1.79. The molecule has 0 aliphatic carbocycles. The number of carbonyl (C=O) groups is 2. The fourth-order valence-corrected chi connectivity index (χ4v) is 2.81. The molecular formula is C18H25N3O3. The summed E-state index contributed by atoms with van der Waals surface area (Å²) in [5, 5.41) is 5.31. The van der Waals surface area contributed by atoms with Crippen LogP contribution in [0.4, 0.5) is 5.69 Å². The fourth-order valence-electron chi connectivity index (χ4n) is 2.81. The highest BCUT2D eigenvalue weighted by atomic mass is 16.5. The molecule has 24 heavy (non-hydrogen) atoms. The molecule has 0 spiro atoms. The van der Waals surface area contributed by atoms with Crippen molar-refractivity contribution < 1.29 is 14.3 Å². The number of anilines is 1. The molecule has 0 unspecified atom stereocenters. The number of amides is 2. The minimum absolute atomic E-state index is 0.327.